The summed E-state index contributed by atoms with van der Waals surface area (Å²) in [5, 5.41) is 6.84. The molecule has 178 valence electrons. The molecule has 2 saturated heterocycles. The molecule has 9 heteroatoms. The molecule has 0 radical (unpaired) electrons. The highest BCUT2D eigenvalue weighted by molar-refractivity contribution is 7.80. The van der Waals surface area contributed by atoms with Crippen molar-refractivity contribution in [1.82, 2.24) is 15.3 Å². The molecule has 0 saturated carbocycles. The fourth-order valence-electron chi connectivity index (χ4n) is 4.44. The number of benzene rings is 1. The highest BCUT2D eigenvalue weighted by atomic mass is 32.1. The SMILES string of the molecule is COCCNC(=S)Nc1nc(N2CCN(c3ccccc3)CC2)cc(N2CCC[C@@H](C)C2)n1. The summed E-state index contributed by atoms with van der Waals surface area (Å²) in [6.07, 6.45) is 2.46. The molecule has 4 rings (SSSR count). The number of anilines is 4. The minimum Gasteiger partial charge on any atom is -0.383 e. The first-order valence-electron chi connectivity index (χ1n) is 11.8. The number of piperazine rings is 1. The number of hydrogen-bond acceptors (Lipinski definition) is 7. The van der Waals surface area contributed by atoms with Crippen molar-refractivity contribution in [1.29, 1.82) is 0 Å². The molecule has 1 aromatic heterocycles. The summed E-state index contributed by atoms with van der Waals surface area (Å²) in [7, 11) is 1.67. The number of piperidine rings is 1. The summed E-state index contributed by atoms with van der Waals surface area (Å²) >= 11 is 5.45. The molecule has 0 amide bonds. The first kappa shape index (κ1) is 23.5. The van der Waals surface area contributed by atoms with Gasteiger partial charge in [0.05, 0.1) is 6.61 Å². The van der Waals surface area contributed by atoms with Crippen molar-refractivity contribution in [3.05, 3.63) is 36.4 Å². The summed E-state index contributed by atoms with van der Waals surface area (Å²) in [4.78, 5) is 16.8. The summed E-state index contributed by atoms with van der Waals surface area (Å²) < 4.78 is 5.09. The van der Waals surface area contributed by atoms with Gasteiger partial charge in [-0.15, -0.1) is 0 Å². The molecule has 2 N–H and O–H groups in total. The Balaban J connectivity index is 1.49. The zero-order valence-corrected chi connectivity index (χ0v) is 20.5. The average molecular weight is 470 g/mol. The van der Waals surface area contributed by atoms with E-state index in [1.54, 1.807) is 7.11 Å². The number of nitrogens with one attached hydrogen (secondary N) is 2. The topological polar surface area (TPSA) is 68.8 Å². The van der Waals surface area contributed by atoms with Crippen LogP contribution in [0.15, 0.2) is 36.4 Å². The van der Waals surface area contributed by atoms with Gasteiger partial charge in [-0.2, -0.15) is 9.97 Å². The number of ether oxygens (including phenoxy) is 1. The van der Waals surface area contributed by atoms with Gasteiger partial charge in [-0.25, -0.2) is 0 Å². The highest BCUT2D eigenvalue weighted by Crippen LogP contribution is 2.27. The first-order valence-corrected chi connectivity index (χ1v) is 12.3. The lowest BCUT2D eigenvalue weighted by molar-refractivity contribution is 0.204. The van der Waals surface area contributed by atoms with E-state index in [1.165, 1.54) is 18.5 Å². The van der Waals surface area contributed by atoms with E-state index in [4.69, 9.17) is 26.9 Å². The van der Waals surface area contributed by atoms with Crippen molar-refractivity contribution in [2.24, 2.45) is 5.92 Å². The lowest BCUT2D eigenvalue weighted by Crippen LogP contribution is -2.47. The predicted octanol–water partition coefficient (Wildman–Crippen LogP) is 2.97. The van der Waals surface area contributed by atoms with Gasteiger partial charge < -0.3 is 30.1 Å². The number of thiocarbonyl (C=S) groups is 1. The molecule has 33 heavy (non-hydrogen) atoms. The molecule has 0 spiro atoms. The molecule has 2 aromatic rings. The smallest absolute Gasteiger partial charge is 0.232 e. The van der Waals surface area contributed by atoms with Crippen molar-refractivity contribution in [2.45, 2.75) is 19.8 Å². The second-order valence-corrected chi connectivity index (χ2v) is 9.19. The van der Waals surface area contributed by atoms with Gasteiger partial charge in [-0.05, 0) is 43.1 Å². The maximum Gasteiger partial charge on any atom is 0.232 e. The summed E-state index contributed by atoms with van der Waals surface area (Å²) in [6, 6.07) is 12.7. The zero-order valence-electron chi connectivity index (χ0n) is 19.7. The second kappa shape index (κ2) is 11.5. The van der Waals surface area contributed by atoms with E-state index in [0.29, 0.717) is 30.1 Å². The Labute approximate surface area is 202 Å². The fourth-order valence-corrected chi connectivity index (χ4v) is 4.64. The van der Waals surface area contributed by atoms with Gasteiger partial charge in [0.2, 0.25) is 5.95 Å². The van der Waals surface area contributed by atoms with Gasteiger partial charge in [-0.3, -0.25) is 0 Å². The number of hydrogen-bond donors (Lipinski definition) is 2. The molecule has 3 heterocycles. The van der Waals surface area contributed by atoms with Gasteiger partial charge in [-0.1, -0.05) is 25.1 Å². The van der Waals surface area contributed by atoms with Crippen molar-refractivity contribution in [3.8, 4) is 0 Å². The van der Waals surface area contributed by atoms with Crippen LogP contribution in [-0.4, -0.2) is 74.6 Å². The number of methoxy groups -OCH3 is 1. The summed E-state index contributed by atoms with van der Waals surface area (Å²) in [5.41, 5.74) is 1.28. The first-order chi connectivity index (χ1) is 16.1. The third kappa shape index (κ3) is 6.45. The Hall–Kier alpha value is -2.65. The van der Waals surface area contributed by atoms with Crippen LogP contribution in [-0.2, 0) is 4.74 Å². The number of aromatic nitrogens is 2. The van der Waals surface area contributed by atoms with Crippen molar-refractivity contribution in [3.63, 3.8) is 0 Å². The summed E-state index contributed by atoms with van der Waals surface area (Å²) in [6.45, 7) is 9.34. The van der Waals surface area contributed by atoms with E-state index < -0.39 is 0 Å². The zero-order chi connectivity index (χ0) is 23.0. The van der Waals surface area contributed by atoms with Crippen LogP contribution in [0, 0.1) is 5.92 Å². The minimum absolute atomic E-state index is 0.510. The van der Waals surface area contributed by atoms with E-state index in [0.717, 1.165) is 50.9 Å². The minimum atomic E-state index is 0.510. The largest absolute Gasteiger partial charge is 0.383 e. The van der Waals surface area contributed by atoms with Crippen LogP contribution in [0.25, 0.3) is 0 Å². The normalized spacial score (nSPS) is 18.8. The molecule has 1 aromatic carbocycles. The van der Waals surface area contributed by atoms with E-state index in [1.807, 2.05) is 0 Å². The quantitative estimate of drug-likeness (QED) is 0.470. The summed E-state index contributed by atoms with van der Waals surface area (Å²) in [5.74, 6) is 3.13. The third-order valence-corrected chi connectivity index (χ3v) is 6.47. The highest BCUT2D eigenvalue weighted by Gasteiger charge is 2.23. The van der Waals surface area contributed by atoms with Crippen LogP contribution in [0.5, 0.6) is 0 Å². The maximum atomic E-state index is 5.45. The standard InChI is InChI=1S/C24H35N7OS/c1-19-7-6-11-31(18-19)22-17-21(26-23(27-22)28-24(33)25-10-16-32-2)30-14-12-29(13-15-30)20-8-4-3-5-9-20/h3-5,8-9,17,19H,6-7,10-16,18H2,1-2H3,(H2,25,26,27,28,33)/t19-/m1/s1. The Kier molecular flexibility index (Phi) is 8.17. The third-order valence-electron chi connectivity index (χ3n) is 6.22. The number of rotatable bonds is 7. The Bertz CT molecular complexity index is 905. The monoisotopic (exact) mass is 469 g/mol. The van der Waals surface area contributed by atoms with E-state index >= 15 is 0 Å². The molecule has 2 fully saturated rings. The molecule has 0 aliphatic carbocycles. The van der Waals surface area contributed by atoms with Crippen LogP contribution in [0.1, 0.15) is 19.8 Å². The second-order valence-electron chi connectivity index (χ2n) is 8.78. The van der Waals surface area contributed by atoms with Gasteiger partial charge in [0.15, 0.2) is 5.11 Å². The Morgan fingerprint density at radius 2 is 1.73 bits per heavy atom. The molecule has 0 bridgehead atoms. The van der Waals surface area contributed by atoms with E-state index in [-0.39, 0.29) is 0 Å². The van der Waals surface area contributed by atoms with Crippen molar-refractivity contribution >= 4 is 40.6 Å². The maximum absolute atomic E-state index is 5.45. The molecule has 8 nitrogen and oxygen atoms in total. The molecule has 1 atom stereocenters. The molecule has 2 aliphatic heterocycles. The van der Waals surface area contributed by atoms with Crippen LogP contribution in [0.4, 0.5) is 23.3 Å². The van der Waals surface area contributed by atoms with Gasteiger partial charge >= 0.3 is 0 Å². The molecule has 0 unspecified atom stereocenters. The van der Waals surface area contributed by atoms with Crippen molar-refractivity contribution in [2.75, 3.05) is 79.5 Å². The van der Waals surface area contributed by atoms with Gasteiger partial charge in [0.1, 0.15) is 11.6 Å². The number of nitrogens with zero attached hydrogens (tertiary/aromatic N) is 5. The lowest BCUT2D eigenvalue weighted by atomic mass is 10.0. The van der Waals surface area contributed by atoms with E-state index in [2.05, 4.69) is 68.7 Å². The van der Waals surface area contributed by atoms with Crippen LogP contribution >= 0.6 is 12.2 Å². The lowest BCUT2D eigenvalue weighted by Gasteiger charge is -2.37. The van der Waals surface area contributed by atoms with Crippen LogP contribution < -0.4 is 25.3 Å². The van der Waals surface area contributed by atoms with Gasteiger partial charge in [0, 0.05) is 64.7 Å². The molecular weight excluding hydrogens is 434 g/mol. The average Bonchev–Trinajstić information content (AvgIpc) is 2.85. The number of para-hydroxylation sites is 1. The molecular formula is C24H35N7OS. The van der Waals surface area contributed by atoms with Gasteiger partial charge in [0.25, 0.3) is 0 Å². The van der Waals surface area contributed by atoms with E-state index in [9.17, 15) is 0 Å². The predicted molar refractivity (Wildman–Crippen MR) is 140 cm³/mol. The Morgan fingerprint density at radius 1 is 1.03 bits per heavy atom. The van der Waals surface area contributed by atoms with Crippen LogP contribution in [0.2, 0.25) is 0 Å². The van der Waals surface area contributed by atoms with Crippen LogP contribution in [0.3, 0.4) is 0 Å². The molecule has 2 aliphatic rings. The Morgan fingerprint density at radius 3 is 2.42 bits per heavy atom. The van der Waals surface area contributed by atoms with Crippen molar-refractivity contribution < 1.29 is 4.74 Å². The fraction of sp³-hybridized carbons (Fsp3) is 0.542.